The Kier molecular flexibility index (Phi) is 5.19. The lowest BCUT2D eigenvalue weighted by Crippen LogP contribution is -2.42. The van der Waals surface area contributed by atoms with E-state index < -0.39 is 17.5 Å². The van der Waals surface area contributed by atoms with E-state index in [0.717, 1.165) is 30.4 Å². The molecular formula is C17H23NO4. The Morgan fingerprint density at radius 1 is 1.23 bits per heavy atom. The number of nitrogens with one attached hydrogen (secondary N) is 1. The molecule has 0 aromatic heterocycles. The minimum Gasteiger partial charge on any atom is -0.453 e. The van der Waals surface area contributed by atoms with Crippen molar-refractivity contribution >= 4 is 17.6 Å². The van der Waals surface area contributed by atoms with Crippen molar-refractivity contribution in [3.63, 3.8) is 0 Å². The molecule has 0 saturated heterocycles. The predicted molar refractivity (Wildman–Crippen MR) is 83.5 cm³/mol. The normalized spacial score (nSPS) is 16.9. The maximum atomic E-state index is 11.9. The Bertz CT molecular complexity index is 562. The average molecular weight is 305 g/mol. The van der Waals surface area contributed by atoms with Gasteiger partial charge in [-0.3, -0.25) is 4.79 Å². The Morgan fingerprint density at radius 2 is 1.91 bits per heavy atom. The van der Waals surface area contributed by atoms with E-state index in [1.807, 2.05) is 26.0 Å². The van der Waals surface area contributed by atoms with Gasteiger partial charge in [0.1, 0.15) is 0 Å². The van der Waals surface area contributed by atoms with Crippen molar-refractivity contribution in [1.29, 1.82) is 0 Å². The highest BCUT2D eigenvalue weighted by Gasteiger charge is 2.38. The molecule has 0 bridgehead atoms. The second-order valence-electron chi connectivity index (χ2n) is 5.96. The summed E-state index contributed by atoms with van der Waals surface area (Å²) in [4.78, 5) is 23.8. The minimum absolute atomic E-state index is 0.380. The SMILES string of the molecule is Cc1cccc(NC(=O)COC(=O)C2(O)CCCCC2)c1C. The van der Waals surface area contributed by atoms with Crippen molar-refractivity contribution in [3.05, 3.63) is 29.3 Å². The highest BCUT2D eigenvalue weighted by Crippen LogP contribution is 2.29. The van der Waals surface area contributed by atoms with Crippen LogP contribution in [-0.4, -0.2) is 29.2 Å². The molecule has 0 unspecified atom stereocenters. The smallest absolute Gasteiger partial charge is 0.338 e. The third-order valence-electron chi connectivity index (χ3n) is 4.27. The van der Waals surface area contributed by atoms with E-state index in [0.29, 0.717) is 18.5 Å². The first-order valence-electron chi connectivity index (χ1n) is 7.68. The first-order valence-corrected chi connectivity index (χ1v) is 7.68. The quantitative estimate of drug-likeness (QED) is 0.838. The van der Waals surface area contributed by atoms with E-state index in [2.05, 4.69) is 5.32 Å². The molecule has 2 N–H and O–H groups in total. The number of aryl methyl sites for hydroxylation is 1. The highest BCUT2D eigenvalue weighted by molar-refractivity contribution is 5.94. The number of benzene rings is 1. The Balaban J connectivity index is 1.87. The molecule has 5 nitrogen and oxygen atoms in total. The molecule has 2 rings (SSSR count). The summed E-state index contributed by atoms with van der Waals surface area (Å²) in [6.07, 6.45) is 3.44. The summed E-state index contributed by atoms with van der Waals surface area (Å²) >= 11 is 0. The summed E-state index contributed by atoms with van der Waals surface area (Å²) in [5.74, 6) is -1.09. The minimum atomic E-state index is -1.42. The van der Waals surface area contributed by atoms with Crippen LogP contribution in [0, 0.1) is 13.8 Å². The summed E-state index contributed by atoms with van der Waals surface area (Å²) in [7, 11) is 0. The number of aliphatic hydroxyl groups is 1. The van der Waals surface area contributed by atoms with Gasteiger partial charge in [-0.1, -0.05) is 18.6 Å². The first-order chi connectivity index (χ1) is 10.4. The third-order valence-corrected chi connectivity index (χ3v) is 4.27. The average Bonchev–Trinajstić information content (AvgIpc) is 2.50. The first kappa shape index (κ1) is 16.5. The second-order valence-corrected chi connectivity index (χ2v) is 5.96. The van der Waals surface area contributed by atoms with Crippen molar-refractivity contribution in [2.75, 3.05) is 11.9 Å². The van der Waals surface area contributed by atoms with Crippen LogP contribution in [0.4, 0.5) is 5.69 Å². The van der Waals surface area contributed by atoms with E-state index >= 15 is 0 Å². The fraction of sp³-hybridized carbons (Fsp3) is 0.529. The number of amides is 1. The largest absolute Gasteiger partial charge is 0.453 e. The number of carbonyl (C=O) groups is 2. The molecule has 0 atom stereocenters. The molecule has 22 heavy (non-hydrogen) atoms. The van der Waals surface area contributed by atoms with Crippen molar-refractivity contribution < 1.29 is 19.4 Å². The summed E-state index contributed by atoms with van der Waals surface area (Å²) in [6.45, 7) is 3.50. The molecule has 0 radical (unpaired) electrons. The molecule has 1 aromatic rings. The molecular weight excluding hydrogens is 282 g/mol. The number of esters is 1. The van der Waals surface area contributed by atoms with Gasteiger partial charge in [-0.25, -0.2) is 4.79 Å². The van der Waals surface area contributed by atoms with Crippen molar-refractivity contribution in [1.82, 2.24) is 0 Å². The van der Waals surface area contributed by atoms with Gasteiger partial charge in [0.25, 0.3) is 5.91 Å². The van der Waals surface area contributed by atoms with Crippen LogP contribution in [0.3, 0.4) is 0 Å². The maximum absolute atomic E-state index is 11.9. The van der Waals surface area contributed by atoms with Gasteiger partial charge in [-0.15, -0.1) is 0 Å². The lowest BCUT2D eigenvalue weighted by molar-refractivity contribution is -0.170. The van der Waals surface area contributed by atoms with Gasteiger partial charge in [0.2, 0.25) is 0 Å². The fourth-order valence-corrected chi connectivity index (χ4v) is 2.68. The van der Waals surface area contributed by atoms with Crippen LogP contribution in [0.25, 0.3) is 0 Å². The van der Waals surface area contributed by atoms with Gasteiger partial charge in [0.05, 0.1) is 0 Å². The molecule has 1 amide bonds. The van der Waals surface area contributed by atoms with Crippen LogP contribution in [0.15, 0.2) is 18.2 Å². The molecule has 0 spiro atoms. The second kappa shape index (κ2) is 6.92. The molecule has 1 fully saturated rings. The molecule has 5 heteroatoms. The van der Waals surface area contributed by atoms with Crippen molar-refractivity contribution in [2.24, 2.45) is 0 Å². The van der Waals surface area contributed by atoms with Crippen LogP contribution in [-0.2, 0) is 14.3 Å². The zero-order valence-electron chi connectivity index (χ0n) is 13.1. The zero-order valence-corrected chi connectivity index (χ0v) is 13.1. The monoisotopic (exact) mass is 305 g/mol. The molecule has 1 aliphatic carbocycles. The van der Waals surface area contributed by atoms with Crippen molar-refractivity contribution in [2.45, 2.75) is 51.6 Å². The van der Waals surface area contributed by atoms with Crippen LogP contribution in [0.1, 0.15) is 43.2 Å². The number of carbonyl (C=O) groups excluding carboxylic acids is 2. The number of anilines is 1. The van der Waals surface area contributed by atoms with Gasteiger partial charge >= 0.3 is 5.97 Å². The number of ether oxygens (including phenoxy) is 1. The molecule has 0 heterocycles. The van der Waals surface area contributed by atoms with Gasteiger partial charge in [0, 0.05) is 5.69 Å². The lowest BCUT2D eigenvalue weighted by Gasteiger charge is -2.29. The number of hydrogen-bond acceptors (Lipinski definition) is 4. The predicted octanol–water partition coefficient (Wildman–Crippen LogP) is 2.48. The molecule has 120 valence electrons. The molecule has 0 aliphatic heterocycles. The van der Waals surface area contributed by atoms with Crippen molar-refractivity contribution in [3.8, 4) is 0 Å². The van der Waals surface area contributed by atoms with Gasteiger partial charge in [-0.05, 0) is 56.7 Å². The van der Waals surface area contributed by atoms with E-state index in [-0.39, 0.29) is 6.61 Å². The number of hydrogen-bond donors (Lipinski definition) is 2. The van der Waals surface area contributed by atoms with Gasteiger partial charge in [-0.2, -0.15) is 0 Å². The van der Waals surface area contributed by atoms with Gasteiger partial charge < -0.3 is 15.2 Å². The van der Waals surface area contributed by atoms with Gasteiger partial charge in [0.15, 0.2) is 12.2 Å². The molecule has 1 aliphatic rings. The molecule has 1 saturated carbocycles. The number of rotatable bonds is 4. The van der Waals surface area contributed by atoms with E-state index in [1.54, 1.807) is 6.07 Å². The van der Waals surface area contributed by atoms with E-state index in [9.17, 15) is 14.7 Å². The Hall–Kier alpha value is -1.88. The summed E-state index contributed by atoms with van der Waals surface area (Å²) < 4.78 is 4.99. The standard InChI is InChI=1S/C17H23NO4/c1-12-7-6-8-14(13(12)2)18-15(19)11-22-16(20)17(21)9-4-3-5-10-17/h6-8,21H,3-5,9-11H2,1-2H3,(H,18,19). The molecule has 1 aromatic carbocycles. The summed E-state index contributed by atoms with van der Waals surface area (Å²) in [5.41, 5.74) is 1.34. The Labute approximate surface area is 130 Å². The lowest BCUT2D eigenvalue weighted by atomic mass is 9.85. The highest BCUT2D eigenvalue weighted by atomic mass is 16.6. The topological polar surface area (TPSA) is 75.6 Å². The maximum Gasteiger partial charge on any atom is 0.338 e. The van der Waals surface area contributed by atoms with E-state index in [1.165, 1.54) is 0 Å². The van der Waals surface area contributed by atoms with Crippen LogP contribution in [0.5, 0.6) is 0 Å². The third kappa shape index (κ3) is 3.85. The Morgan fingerprint density at radius 3 is 2.59 bits per heavy atom. The van der Waals surface area contributed by atoms with E-state index in [4.69, 9.17) is 4.74 Å². The summed E-state index contributed by atoms with van der Waals surface area (Å²) in [6, 6.07) is 5.62. The summed E-state index contributed by atoms with van der Waals surface area (Å²) in [5, 5.41) is 12.9. The van der Waals surface area contributed by atoms with Crippen LogP contribution >= 0.6 is 0 Å². The van der Waals surface area contributed by atoms with Crippen LogP contribution in [0.2, 0.25) is 0 Å². The fourth-order valence-electron chi connectivity index (χ4n) is 2.68. The zero-order chi connectivity index (χ0) is 16.2. The van der Waals surface area contributed by atoms with Crippen LogP contribution < -0.4 is 5.32 Å².